The first-order valence-electron chi connectivity index (χ1n) is 6.74. The average molecular weight is 307 g/mol. The lowest BCUT2D eigenvalue weighted by Crippen LogP contribution is -2.33. The fraction of sp³-hybridized carbons (Fsp3) is 0.333. The van der Waals surface area contributed by atoms with Crippen LogP contribution in [0.2, 0.25) is 0 Å². The van der Waals surface area contributed by atoms with Crippen molar-refractivity contribution in [2.24, 2.45) is 0 Å². The predicted octanol–water partition coefficient (Wildman–Crippen LogP) is 1.71. The van der Waals surface area contributed by atoms with Crippen LogP contribution in [0.1, 0.15) is 40.5 Å². The van der Waals surface area contributed by atoms with E-state index in [9.17, 15) is 18.0 Å². The van der Waals surface area contributed by atoms with Crippen LogP contribution in [0.3, 0.4) is 0 Å². The van der Waals surface area contributed by atoms with Crippen molar-refractivity contribution < 1.29 is 18.0 Å². The van der Waals surface area contributed by atoms with Crippen molar-refractivity contribution in [2.45, 2.75) is 19.8 Å². The Morgan fingerprint density at radius 1 is 1.05 bits per heavy atom. The number of unbranched alkanes of at least 4 members (excludes halogenated alkanes) is 1. The minimum absolute atomic E-state index is 0.102. The highest BCUT2D eigenvalue weighted by Gasteiger charge is 2.36. The number of Topliss-reactive ketones (excluding diaryl/α,β-unsaturated/α-hetero) is 2. The van der Waals surface area contributed by atoms with E-state index in [4.69, 9.17) is 0 Å². The van der Waals surface area contributed by atoms with Gasteiger partial charge in [-0.2, -0.15) is 0 Å². The number of hydrogen-bond donors (Lipinski definition) is 1. The van der Waals surface area contributed by atoms with E-state index >= 15 is 0 Å². The molecular weight excluding hydrogens is 290 g/mol. The molecule has 0 spiro atoms. The van der Waals surface area contributed by atoms with Gasteiger partial charge in [-0.3, -0.25) is 9.59 Å². The van der Waals surface area contributed by atoms with Crippen molar-refractivity contribution >= 4 is 21.4 Å². The molecule has 6 heteroatoms. The summed E-state index contributed by atoms with van der Waals surface area (Å²) in [5, 5.41) is 2.83. The Morgan fingerprint density at radius 3 is 2.14 bits per heavy atom. The molecule has 0 amide bonds. The van der Waals surface area contributed by atoms with Gasteiger partial charge in [0.25, 0.3) is 0 Å². The molecule has 0 atom stereocenters. The molecule has 1 aromatic rings. The number of allylic oxidation sites excluding steroid dienone is 2. The van der Waals surface area contributed by atoms with Gasteiger partial charge in [0.15, 0.2) is 9.84 Å². The van der Waals surface area contributed by atoms with E-state index in [1.165, 1.54) is 12.1 Å². The third-order valence-electron chi connectivity index (χ3n) is 3.28. The fourth-order valence-corrected chi connectivity index (χ4v) is 3.24. The molecular formula is C15H17NO4S. The highest BCUT2D eigenvalue weighted by molar-refractivity contribution is 7.95. The molecule has 21 heavy (non-hydrogen) atoms. The molecule has 0 fully saturated rings. The standard InChI is InChI=1S/C15H17NO4S/c1-3-4-9-16-12-13(17)10-7-5-6-8-11(10)14(18)15(12)21(2,19)20/h5-8,16H,3-4,9H2,1-2H3. The topological polar surface area (TPSA) is 80.3 Å². The number of ketones is 2. The monoisotopic (exact) mass is 307 g/mol. The van der Waals surface area contributed by atoms with E-state index in [0.717, 1.165) is 19.1 Å². The summed E-state index contributed by atoms with van der Waals surface area (Å²) in [6.07, 6.45) is 2.62. The Hall–Kier alpha value is -1.95. The lowest BCUT2D eigenvalue weighted by Gasteiger charge is -2.20. The minimum Gasteiger partial charge on any atom is -0.381 e. The molecule has 112 valence electrons. The maximum Gasteiger partial charge on any atom is 0.211 e. The summed E-state index contributed by atoms with van der Waals surface area (Å²) >= 11 is 0. The highest BCUT2D eigenvalue weighted by atomic mass is 32.2. The summed E-state index contributed by atoms with van der Waals surface area (Å²) in [5.74, 6) is -1.06. The predicted molar refractivity (Wildman–Crippen MR) is 79.9 cm³/mol. The van der Waals surface area contributed by atoms with E-state index in [2.05, 4.69) is 5.32 Å². The molecule has 1 aliphatic rings. The van der Waals surface area contributed by atoms with Crippen LogP contribution in [0, 0.1) is 0 Å². The first-order valence-corrected chi connectivity index (χ1v) is 8.63. The maximum atomic E-state index is 12.5. The van der Waals surface area contributed by atoms with Crippen LogP contribution in [-0.2, 0) is 9.84 Å². The number of carbonyl (C=O) groups excluding carboxylic acids is 2. The zero-order valence-electron chi connectivity index (χ0n) is 12.0. The van der Waals surface area contributed by atoms with Crippen LogP contribution < -0.4 is 5.32 Å². The molecule has 1 N–H and O–H groups in total. The quantitative estimate of drug-likeness (QED) is 0.838. The first-order chi connectivity index (χ1) is 9.88. The molecule has 1 aliphatic carbocycles. The largest absolute Gasteiger partial charge is 0.381 e. The second-order valence-corrected chi connectivity index (χ2v) is 6.91. The number of hydrogen-bond acceptors (Lipinski definition) is 5. The van der Waals surface area contributed by atoms with E-state index < -0.39 is 26.3 Å². The molecule has 2 rings (SSSR count). The molecule has 1 aromatic carbocycles. The normalized spacial score (nSPS) is 15.1. The van der Waals surface area contributed by atoms with Gasteiger partial charge in [-0.1, -0.05) is 37.6 Å². The summed E-state index contributed by atoms with van der Waals surface area (Å²) in [7, 11) is -3.79. The molecule has 0 unspecified atom stereocenters. The van der Waals surface area contributed by atoms with E-state index in [-0.39, 0.29) is 16.8 Å². The number of benzene rings is 1. The molecule has 5 nitrogen and oxygen atoms in total. The molecule has 0 saturated carbocycles. The zero-order chi connectivity index (χ0) is 15.6. The van der Waals surface area contributed by atoms with Crippen molar-refractivity contribution in [3.8, 4) is 0 Å². The summed E-state index contributed by atoms with van der Waals surface area (Å²) < 4.78 is 23.8. The number of fused-ring (bicyclic) bond motifs is 1. The molecule has 0 aliphatic heterocycles. The second kappa shape index (κ2) is 5.81. The summed E-state index contributed by atoms with van der Waals surface area (Å²) in [6, 6.07) is 6.28. The third kappa shape index (κ3) is 2.90. The van der Waals surface area contributed by atoms with Gasteiger partial charge in [-0.15, -0.1) is 0 Å². The van der Waals surface area contributed by atoms with Crippen LogP contribution in [-0.4, -0.2) is 32.8 Å². The fourth-order valence-electron chi connectivity index (χ4n) is 2.26. The molecule has 0 bridgehead atoms. The first kappa shape index (κ1) is 15.4. The summed E-state index contributed by atoms with van der Waals surface area (Å²) in [5.41, 5.74) is 0.285. The molecule has 0 radical (unpaired) electrons. The van der Waals surface area contributed by atoms with Crippen LogP contribution in [0.5, 0.6) is 0 Å². The number of carbonyl (C=O) groups is 2. The average Bonchev–Trinajstić information content (AvgIpc) is 2.43. The Labute approximate surface area is 124 Å². The van der Waals surface area contributed by atoms with Crippen molar-refractivity contribution in [2.75, 3.05) is 12.8 Å². The number of rotatable bonds is 5. The second-order valence-electron chi connectivity index (χ2n) is 4.96. The van der Waals surface area contributed by atoms with Gasteiger partial charge < -0.3 is 5.32 Å². The number of sulfone groups is 1. The summed E-state index contributed by atoms with van der Waals surface area (Å²) in [4.78, 5) is 24.5. The Morgan fingerprint density at radius 2 is 1.62 bits per heavy atom. The number of nitrogens with one attached hydrogen (secondary N) is 1. The van der Waals surface area contributed by atoms with Crippen LogP contribution in [0.4, 0.5) is 0 Å². The Balaban J connectivity index is 2.58. The van der Waals surface area contributed by atoms with Crippen LogP contribution >= 0.6 is 0 Å². The van der Waals surface area contributed by atoms with Crippen molar-refractivity contribution in [3.63, 3.8) is 0 Å². The molecule has 0 heterocycles. The van der Waals surface area contributed by atoms with Crippen LogP contribution in [0.25, 0.3) is 0 Å². The lowest BCUT2D eigenvalue weighted by atomic mass is 9.92. The maximum absolute atomic E-state index is 12.5. The molecule has 0 saturated heterocycles. The van der Waals surface area contributed by atoms with E-state index in [1.807, 2.05) is 6.92 Å². The van der Waals surface area contributed by atoms with Crippen LogP contribution in [0.15, 0.2) is 34.9 Å². The van der Waals surface area contributed by atoms with Crippen molar-refractivity contribution in [1.82, 2.24) is 5.32 Å². The lowest BCUT2D eigenvalue weighted by molar-refractivity contribution is 0.0974. The van der Waals surface area contributed by atoms with Gasteiger partial charge in [-0.05, 0) is 6.42 Å². The molecule has 0 aromatic heterocycles. The Bertz CT molecular complexity index is 732. The highest BCUT2D eigenvalue weighted by Crippen LogP contribution is 2.27. The van der Waals surface area contributed by atoms with Gasteiger partial charge in [0.2, 0.25) is 11.6 Å². The third-order valence-corrected chi connectivity index (χ3v) is 4.41. The van der Waals surface area contributed by atoms with Gasteiger partial charge in [-0.25, -0.2) is 8.42 Å². The summed E-state index contributed by atoms with van der Waals surface area (Å²) in [6.45, 7) is 2.43. The van der Waals surface area contributed by atoms with Gasteiger partial charge in [0, 0.05) is 23.9 Å². The smallest absolute Gasteiger partial charge is 0.211 e. The van der Waals surface area contributed by atoms with Crippen molar-refractivity contribution in [3.05, 3.63) is 46.0 Å². The van der Waals surface area contributed by atoms with Crippen molar-refractivity contribution in [1.29, 1.82) is 0 Å². The zero-order valence-corrected chi connectivity index (χ0v) is 12.8. The van der Waals surface area contributed by atoms with Gasteiger partial charge in [0.05, 0.1) is 0 Å². The van der Waals surface area contributed by atoms with E-state index in [1.54, 1.807) is 12.1 Å². The SMILES string of the molecule is CCCCNC1=C(S(C)(=O)=O)C(=O)c2ccccc2C1=O. The van der Waals surface area contributed by atoms with E-state index in [0.29, 0.717) is 6.54 Å². The Kier molecular flexibility index (Phi) is 4.27. The van der Waals surface area contributed by atoms with Gasteiger partial charge >= 0.3 is 0 Å². The minimum atomic E-state index is -3.79. The van der Waals surface area contributed by atoms with Gasteiger partial charge in [0.1, 0.15) is 10.6 Å².